The molecule has 0 bridgehead atoms. The van der Waals surface area contributed by atoms with Crippen LogP contribution in [0.4, 0.5) is 5.13 Å². The van der Waals surface area contributed by atoms with E-state index in [2.05, 4.69) is 15.5 Å². The van der Waals surface area contributed by atoms with E-state index in [1.165, 1.54) is 11.3 Å². The molecule has 2 aromatic rings. The summed E-state index contributed by atoms with van der Waals surface area (Å²) >= 11 is 7.22. The molecule has 1 atom stereocenters. The van der Waals surface area contributed by atoms with Crippen LogP contribution in [-0.4, -0.2) is 39.5 Å². The largest absolute Gasteiger partial charge is 0.330 e. The van der Waals surface area contributed by atoms with Crippen LogP contribution < -0.4 is 5.32 Å². The van der Waals surface area contributed by atoms with E-state index in [4.69, 9.17) is 11.6 Å². The van der Waals surface area contributed by atoms with Gasteiger partial charge in [0.15, 0.2) is 0 Å². The lowest BCUT2D eigenvalue weighted by molar-refractivity contribution is -0.140. The Bertz CT molecular complexity index is 832. The third-order valence-electron chi connectivity index (χ3n) is 5.29. The molecule has 4 rings (SSSR count). The predicted octanol–water partition coefficient (Wildman–Crippen LogP) is 3.98. The van der Waals surface area contributed by atoms with Gasteiger partial charge < -0.3 is 4.90 Å². The summed E-state index contributed by atoms with van der Waals surface area (Å²) in [6.45, 7) is 0.666. The van der Waals surface area contributed by atoms with E-state index in [0.717, 1.165) is 37.7 Å². The quantitative estimate of drug-likeness (QED) is 0.836. The number of rotatable bonds is 4. The van der Waals surface area contributed by atoms with Crippen LogP contribution in [0.15, 0.2) is 24.3 Å². The van der Waals surface area contributed by atoms with Crippen LogP contribution in [-0.2, 0) is 9.59 Å². The molecule has 2 amide bonds. The van der Waals surface area contributed by atoms with Crippen LogP contribution in [0.2, 0.25) is 5.02 Å². The highest BCUT2D eigenvalue weighted by molar-refractivity contribution is 7.18. The summed E-state index contributed by atoms with van der Waals surface area (Å²) in [5.41, 5.74) is 0.899. The van der Waals surface area contributed by atoms with Gasteiger partial charge in [-0.25, -0.2) is 0 Å². The number of hydrogen-bond acceptors (Lipinski definition) is 5. The molecule has 0 radical (unpaired) electrons. The Hall–Kier alpha value is -1.99. The van der Waals surface area contributed by atoms with Crippen molar-refractivity contribution in [3.63, 3.8) is 0 Å². The van der Waals surface area contributed by atoms with Crippen molar-refractivity contribution in [1.29, 1.82) is 0 Å². The fourth-order valence-electron chi connectivity index (χ4n) is 3.88. The van der Waals surface area contributed by atoms with E-state index in [1.54, 1.807) is 17.0 Å². The molecule has 142 valence electrons. The van der Waals surface area contributed by atoms with Gasteiger partial charge in [-0.15, -0.1) is 10.2 Å². The van der Waals surface area contributed by atoms with Crippen molar-refractivity contribution in [3.05, 3.63) is 29.3 Å². The maximum atomic E-state index is 12.8. The molecule has 2 heterocycles. The normalized spacial score (nSPS) is 20.2. The van der Waals surface area contributed by atoms with E-state index >= 15 is 0 Å². The Morgan fingerprint density at radius 1 is 1.07 bits per heavy atom. The molecule has 1 saturated carbocycles. The van der Waals surface area contributed by atoms with E-state index in [-0.39, 0.29) is 17.7 Å². The molecule has 1 aliphatic heterocycles. The molecule has 1 aromatic carbocycles. The lowest BCUT2D eigenvalue weighted by atomic mass is 10.1. The first kappa shape index (κ1) is 18.4. The van der Waals surface area contributed by atoms with Crippen molar-refractivity contribution in [2.75, 3.05) is 11.9 Å². The number of nitrogens with zero attached hydrogens (tertiary/aromatic N) is 3. The summed E-state index contributed by atoms with van der Waals surface area (Å²) in [5.74, 6) is 0.0679. The standard InChI is InChI=1S/C19H21ClN4O2S/c20-14-9-7-12(8-10-14)17-22-23-19(27-17)21-16(25)15-6-3-11-24(15)18(26)13-4-1-2-5-13/h7-10,13,15H,1-6,11H2,(H,21,23,25)/t15-/m1/s1. The van der Waals surface area contributed by atoms with Crippen LogP contribution in [0.25, 0.3) is 10.6 Å². The number of carbonyl (C=O) groups is 2. The zero-order valence-electron chi connectivity index (χ0n) is 14.9. The molecule has 1 aromatic heterocycles. The third kappa shape index (κ3) is 3.99. The summed E-state index contributed by atoms with van der Waals surface area (Å²) in [6.07, 6.45) is 5.68. The number of hydrogen-bond donors (Lipinski definition) is 1. The first-order valence-electron chi connectivity index (χ1n) is 9.32. The predicted molar refractivity (Wildman–Crippen MR) is 106 cm³/mol. The smallest absolute Gasteiger partial charge is 0.249 e. The van der Waals surface area contributed by atoms with Gasteiger partial charge in [-0.1, -0.05) is 47.9 Å². The molecule has 2 fully saturated rings. The first-order chi connectivity index (χ1) is 13.1. The number of likely N-dealkylation sites (tertiary alicyclic amines) is 1. The van der Waals surface area contributed by atoms with Crippen LogP contribution in [0.3, 0.4) is 0 Å². The number of nitrogens with one attached hydrogen (secondary N) is 1. The highest BCUT2D eigenvalue weighted by atomic mass is 35.5. The van der Waals surface area contributed by atoms with Gasteiger partial charge in [-0.2, -0.15) is 0 Å². The Morgan fingerprint density at radius 2 is 1.81 bits per heavy atom. The Kier molecular flexibility index (Phi) is 5.41. The minimum atomic E-state index is -0.402. The topological polar surface area (TPSA) is 75.2 Å². The SMILES string of the molecule is O=C(Nc1nnc(-c2ccc(Cl)cc2)s1)[C@H]1CCCN1C(=O)C1CCCC1. The van der Waals surface area contributed by atoms with Crippen LogP contribution in [0, 0.1) is 5.92 Å². The van der Waals surface area contributed by atoms with Gasteiger partial charge in [0.1, 0.15) is 11.0 Å². The monoisotopic (exact) mass is 404 g/mol. The average molecular weight is 405 g/mol. The highest BCUT2D eigenvalue weighted by Crippen LogP contribution is 2.31. The zero-order chi connectivity index (χ0) is 18.8. The molecule has 1 N–H and O–H groups in total. The fourth-order valence-corrected chi connectivity index (χ4v) is 4.76. The first-order valence-corrected chi connectivity index (χ1v) is 10.5. The Morgan fingerprint density at radius 3 is 2.56 bits per heavy atom. The summed E-state index contributed by atoms with van der Waals surface area (Å²) in [4.78, 5) is 27.3. The van der Waals surface area contributed by atoms with Crippen LogP contribution in [0.5, 0.6) is 0 Å². The molecule has 27 heavy (non-hydrogen) atoms. The molecule has 1 saturated heterocycles. The van der Waals surface area contributed by atoms with Crippen molar-refractivity contribution >= 4 is 39.9 Å². The maximum absolute atomic E-state index is 12.8. The van der Waals surface area contributed by atoms with Gasteiger partial charge in [0.25, 0.3) is 0 Å². The minimum absolute atomic E-state index is 0.0939. The third-order valence-corrected chi connectivity index (χ3v) is 6.43. The molecule has 6 nitrogen and oxygen atoms in total. The number of benzene rings is 1. The number of anilines is 1. The van der Waals surface area contributed by atoms with E-state index in [1.807, 2.05) is 12.1 Å². The number of aromatic nitrogens is 2. The van der Waals surface area contributed by atoms with Crippen molar-refractivity contribution in [2.45, 2.75) is 44.6 Å². The number of halogens is 1. The van der Waals surface area contributed by atoms with Crippen molar-refractivity contribution in [1.82, 2.24) is 15.1 Å². The molecule has 1 aliphatic carbocycles. The Balaban J connectivity index is 1.42. The van der Waals surface area contributed by atoms with Gasteiger partial charge >= 0.3 is 0 Å². The fraction of sp³-hybridized carbons (Fsp3) is 0.474. The second-order valence-electron chi connectivity index (χ2n) is 7.08. The van der Waals surface area contributed by atoms with Gasteiger partial charge in [-0.05, 0) is 37.8 Å². The average Bonchev–Trinajstić information content (AvgIpc) is 3.42. The zero-order valence-corrected chi connectivity index (χ0v) is 16.4. The summed E-state index contributed by atoms with van der Waals surface area (Å²) < 4.78 is 0. The van der Waals surface area contributed by atoms with Gasteiger partial charge in [0.05, 0.1) is 0 Å². The molecular formula is C19H21ClN4O2S. The van der Waals surface area contributed by atoms with Crippen molar-refractivity contribution < 1.29 is 9.59 Å². The molecule has 0 unspecified atom stereocenters. The van der Waals surface area contributed by atoms with Gasteiger partial charge in [-0.3, -0.25) is 14.9 Å². The molecular weight excluding hydrogens is 384 g/mol. The lowest BCUT2D eigenvalue weighted by Gasteiger charge is -2.26. The molecule has 2 aliphatic rings. The van der Waals surface area contributed by atoms with Gasteiger partial charge in [0, 0.05) is 23.0 Å². The van der Waals surface area contributed by atoms with E-state index in [0.29, 0.717) is 28.1 Å². The Labute approximate surface area is 166 Å². The molecule has 0 spiro atoms. The van der Waals surface area contributed by atoms with Crippen LogP contribution in [0.1, 0.15) is 38.5 Å². The minimum Gasteiger partial charge on any atom is -0.330 e. The summed E-state index contributed by atoms with van der Waals surface area (Å²) in [6, 6.07) is 6.92. The van der Waals surface area contributed by atoms with E-state index < -0.39 is 6.04 Å². The van der Waals surface area contributed by atoms with Crippen molar-refractivity contribution in [3.8, 4) is 10.6 Å². The second kappa shape index (κ2) is 7.94. The van der Waals surface area contributed by atoms with E-state index in [9.17, 15) is 9.59 Å². The summed E-state index contributed by atoms with van der Waals surface area (Å²) in [5, 5.41) is 12.9. The lowest BCUT2D eigenvalue weighted by Crippen LogP contribution is -2.45. The van der Waals surface area contributed by atoms with Gasteiger partial charge in [0.2, 0.25) is 16.9 Å². The maximum Gasteiger partial charge on any atom is 0.249 e. The second-order valence-corrected chi connectivity index (χ2v) is 8.49. The summed E-state index contributed by atoms with van der Waals surface area (Å²) in [7, 11) is 0. The van der Waals surface area contributed by atoms with Crippen molar-refractivity contribution in [2.24, 2.45) is 5.92 Å². The molecule has 8 heteroatoms. The number of amides is 2. The van der Waals surface area contributed by atoms with Crippen LogP contribution >= 0.6 is 22.9 Å². The number of carbonyl (C=O) groups excluding carboxylic acids is 2. The highest BCUT2D eigenvalue weighted by Gasteiger charge is 2.38.